The van der Waals surface area contributed by atoms with Crippen molar-refractivity contribution in [2.75, 3.05) is 6.54 Å². The van der Waals surface area contributed by atoms with E-state index >= 15 is 0 Å². The number of carbonyl (C=O) groups excluding carboxylic acids is 1. The molecule has 6 nitrogen and oxygen atoms in total. The SMILES string of the molecule is CCCC(CC(=O)N1CCC[C@H]1C(=O)O)n1ccnc1. The van der Waals surface area contributed by atoms with Crippen LogP contribution in [0.4, 0.5) is 0 Å². The number of carboxylic acids is 1. The second-order valence-corrected chi connectivity index (χ2v) is 5.24. The Morgan fingerprint density at radius 1 is 1.50 bits per heavy atom. The number of aliphatic carboxylic acids is 1. The van der Waals surface area contributed by atoms with Crippen LogP contribution in [-0.4, -0.2) is 44.0 Å². The van der Waals surface area contributed by atoms with Gasteiger partial charge in [-0.05, 0) is 19.3 Å². The lowest BCUT2D eigenvalue weighted by atomic mass is 10.1. The molecule has 1 fully saturated rings. The average Bonchev–Trinajstić information content (AvgIpc) is 3.09. The molecular formula is C14H21N3O3. The Labute approximate surface area is 118 Å². The maximum absolute atomic E-state index is 12.4. The Hall–Kier alpha value is -1.85. The Kier molecular flexibility index (Phi) is 4.76. The number of amides is 1. The molecule has 0 aliphatic carbocycles. The molecule has 2 atom stereocenters. The Morgan fingerprint density at radius 2 is 2.30 bits per heavy atom. The summed E-state index contributed by atoms with van der Waals surface area (Å²) in [7, 11) is 0. The average molecular weight is 279 g/mol. The molecule has 1 amide bonds. The molecule has 1 unspecified atom stereocenters. The highest BCUT2D eigenvalue weighted by atomic mass is 16.4. The van der Waals surface area contributed by atoms with E-state index in [1.165, 1.54) is 4.90 Å². The zero-order chi connectivity index (χ0) is 14.5. The van der Waals surface area contributed by atoms with Gasteiger partial charge in [-0.3, -0.25) is 4.79 Å². The number of carboxylic acid groups (broad SMARTS) is 1. The molecule has 1 aromatic rings. The second kappa shape index (κ2) is 6.54. The molecule has 0 radical (unpaired) electrons. The number of carbonyl (C=O) groups is 2. The van der Waals surface area contributed by atoms with Gasteiger partial charge in [-0.25, -0.2) is 9.78 Å². The number of aromatic nitrogens is 2. The first kappa shape index (κ1) is 14.6. The van der Waals surface area contributed by atoms with E-state index in [1.807, 2.05) is 10.8 Å². The van der Waals surface area contributed by atoms with Gasteiger partial charge in [-0.1, -0.05) is 13.3 Å². The Morgan fingerprint density at radius 3 is 2.90 bits per heavy atom. The van der Waals surface area contributed by atoms with Crippen LogP contribution >= 0.6 is 0 Å². The third-order valence-electron chi connectivity index (χ3n) is 3.84. The predicted molar refractivity (Wildman–Crippen MR) is 73.2 cm³/mol. The van der Waals surface area contributed by atoms with E-state index in [1.54, 1.807) is 12.5 Å². The fourth-order valence-electron chi connectivity index (χ4n) is 2.82. The number of hydrogen-bond donors (Lipinski definition) is 1. The zero-order valence-electron chi connectivity index (χ0n) is 11.7. The minimum absolute atomic E-state index is 0.0602. The highest BCUT2D eigenvalue weighted by molar-refractivity contribution is 5.84. The van der Waals surface area contributed by atoms with Crippen molar-refractivity contribution in [3.8, 4) is 0 Å². The minimum atomic E-state index is -0.898. The summed E-state index contributed by atoms with van der Waals surface area (Å²) < 4.78 is 1.94. The molecule has 110 valence electrons. The van der Waals surface area contributed by atoms with Crippen LogP contribution in [0.15, 0.2) is 18.7 Å². The molecule has 1 aliphatic heterocycles. The minimum Gasteiger partial charge on any atom is -0.480 e. The van der Waals surface area contributed by atoms with Crippen LogP contribution in [0.5, 0.6) is 0 Å². The summed E-state index contributed by atoms with van der Waals surface area (Å²) in [4.78, 5) is 29.1. The van der Waals surface area contributed by atoms with E-state index in [2.05, 4.69) is 11.9 Å². The first-order valence-corrected chi connectivity index (χ1v) is 7.13. The summed E-state index contributed by atoms with van der Waals surface area (Å²) in [5.41, 5.74) is 0. The molecule has 1 saturated heterocycles. The lowest BCUT2D eigenvalue weighted by Crippen LogP contribution is -2.41. The van der Waals surface area contributed by atoms with Crippen molar-refractivity contribution < 1.29 is 14.7 Å². The van der Waals surface area contributed by atoms with Gasteiger partial charge < -0.3 is 14.6 Å². The van der Waals surface area contributed by atoms with Gasteiger partial charge >= 0.3 is 5.97 Å². The number of likely N-dealkylation sites (tertiary alicyclic amines) is 1. The van der Waals surface area contributed by atoms with Crippen LogP contribution in [0, 0.1) is 0 Å². The summed E-state index contributed by atoms with van der Waals surface area (Å²) in [5.74, 6) is -0.965. The standard InChI is InChI=1S/C14H21N3O3/c1-2-4-11(16-8-6-15-10-16)9-13(18)17-7-3-5-12(17)14(19)20/h6,8,10-12H,2-5,7,9H2,1H3,(H,19,20)/t11?,12-/m0/s1. The molecule has 2 heterocycles. The largest absolute Gasteiger partial charge is 0.480 e. The van der Waals surface area contributed by atoms with Crippen molar-refractivity contribution in [3.05, 3.63) is 18.7 Å². The number of nitrogens with zero attached hydrogens (tertiary/aromatic N) is 3. The van der Waals surface area contributed by atoms with E-state index in [4.69, 9.17) is 5.11 Å². The predicted octanol–water partition coefficient (Wildman–Crippen LogP) is 1.69. The maximum Gasteiger partial charge on any atom is 0.326 e. The van der Waals surface area contributed by atoms with Crippen molar-refractivity contribution in [1.82, 2.24) is 14.5 Å². The summed E-state index contributed by atoms with van der Waals surface area (Å²) in [6.45, 7) is 2.63. The van der Waals surface area contributed by atoms with E-state index in [9.17, 15) is 9.59 Å². The summed E-state index contributed by atoms with van der Waals surface area (Å²) >= 11 is 0. The monoisotopic (exact) mass is 279 g/mol. The quantitative estimate of drug-likeness (QED) is 0.859. The fourth-order valence-corrected chi connectivity index (χ4v) is 2.82. The summed E-state index contributed by atoms with van der Waals surface area (Å²) in [6, 6.07) is -0.586. The van der Waals surface area contributed by atoms with Gasteiger partial charge in [0.05, 0.1) is 6.33 Å². The number of hydrogen-bond acceptors (Lipinski definition) is 3. The van der Waals surface area contributed by atoms with Crippen LogP contribution in [0.2, 0.25) is 0 Å². The van der Waals surface area contributed by atoms with Gasteiger partial charge in [0.15, 0.2) is 0 Å². The van der Waals surface area contributed by atoms with Crippen LogP contribution in [0.25, 0.3) is 0 Å². The first-order valence-electron chi connectivity index (χ1n) is 7.13. The molecule has 0 bridgehead atoms. The highest BCUT2D eigenvalue weighted by Gasteiger charge is 2.34. The highest BCUT2D eigenvalue weighted by Crippen LogP contribution is 2.23. The molecule has 6 heteroatoms. The van der Waals surface area contributed by atoms with Gasteiger partial charge in [0, 0.05) is 31.4 Å². The van der Waals surface area contributed by atoms with Gasteiger partial charge in [-0.2, -0.15) is 0 Å². The molecule has 0 spiro atoms. The number of rotatable bonds is 6. The first-order chi connectivity index (χ1) is 9.63. The molecule has 0 saturated carbocycles. The zero-order valence-corrected chi connectivity index (χ0v) is 11.7. The van der Waals surface area contributed by atoms with E-state index in [0.29, 0.717) is 19.4 Å². The van der Waals surface area contributed by atoms with Crippen LogP contribution in [-0.2, 0) is 9.59 Å². The summed E-state index contributed by atoms with van der Waals surface area (Å²) in [6.07, 6.45) is 8.79. The fraction of sp³-hybridized carbons (Fsp3) is 0.643. The third-order valence-corrected chi connectivity index (χ3v) is 3.84. The van der Waals surface area contributed by atoms with Crippen LogP contribution in [0.3, 0.4) is 0 Å². The number of imidazole rings is 1. The van der Waals surface area contributed by atoms with E-state index in [-0.39, 0.29) is 11.9 Å². The van der Waals surface area contributed by atoms with Gasteiger partial charge in [0.2, 0.25) is 5.91 Å². The van der Waals surface area contributed by atoms with Gasteiger partial charge in [0.25, 0.3) is 0 Å². The smallest absolute Gasteiger partial charge is 0.326 e. The van der Waals surface area contributed by atoms with Crippen LogP contribution in [0.1, 0.15) is 45.1 Å². The van der Waals surface area contributed by atoms with Gasteiger partial charge in [0.1, 0.15) is 6.04 Å². The normalized spacial score (nSPS) is 20.1. The van der Waals surface area contributed by atoms with Crippen LogP contribution < -0.4 is 0 Å². The molecule has 1 N–H and O–H groups in total. The van der Waals surface area contributed by atoms with Crippen molar-refractivity contribution >= 4 is 11.9 Å². The third kappa shape index (κ3) is 3.18. The summed E-state index contributed by atoms with van der Waals surface area (Å²) in [5, 5.41) is 9.14. The molecule has 1 aromatic heterocycles. The van der Waals surface area contributed by atoms with E-state index < -0.39 is 12.0 Å². The topological polar surface area (TPSA) is 75.4 Å². The Balaban J connectivity index is 2.03. The van der Waals surface area contributed by atoms with Crippen molar-refractivity contribution in [3.63, 3.8) is 0 Å². The lowest BCUT2D eigenvalue weighted by Gasteiger charge is -2.25. The molecule has 0 aromatic carbocycles. The van der Waals surface area contributed by atoms with Gasteiger partial charge in [-0.15, -0.1) is 0 Å². The molecule has 1 aliphatic rings. The van der Waals surface area contributed by atoms with E-state index in [0.717, 1.165) is 19.3 Å². The maximum atomic E-state index is 12.4. The van der Waals surface area contributed by atoms with Crippen molar-refractivity contribution in [2.45, 2.75) is 51.1 Å². The molecule has 20 heavy (non-hydrogen) atoms. The van der Waals surface area contributed by atoms with Crippen molar-refractivity contribution in [1.29, 1.82) is 0 Å². The van der Waals surface area contributed by atoms with Crippen molar-refractivity contribution in [2.24, 2.45) is 0 Å². The lowest BCUT2D eigenvalue weighted by molar-refractivity contribution is -0.148. The molecular weight excluding hydrogens is 258 g/mol. The molecule has 2 rings (SSSR count). The second-order valence-electron chi connectivity index (χ2n) is 5.24. The Bertz CT molecular complexity index is 458.